The number of rotatable bonds is 5. The van der Waals surface area contributed by atoms with Crippen LogP contribution in [0.15, 0.2) is 60.2 Å². The minimum Gasteiger partial charge on any atom is -0.302 e. The van der Waals surface area contributed by atoms with E-state index in [-0.39, 0.29) is 0 Å². The van der Waals surface area contributed by atoms with Crippen LogP contribution in [-0.2, 0) is 12.8 Å². The molecule has 108 valence electrons. The van der Waals surface area contributed by atoms with Gasteiger partial charge in [0.25, 0.3) is 0 Å². The number of aryl methyl sites for hydroxylation is 1. The Morgan fingerprint density at radius 1 is 0.905 bits per heavy atom. The highest BCUT2D eigenvalue weighted by atomic mass is 15.1. The van der Waals surface area contributed by atoms with Gasteiger partial charge in [-0.15, -0.1) is 0 Å². The highest BCUT2D eigenvalue weighted by molar-refractivity contribution is 5.59. The molecule has 0 spiro atoms. The molecule has 0 saturated carbocycles. The molecule has 21 heavy (non-hydrogen) atoms. The van der Waals surface area contributed by atoms with Crippen molar-refractivity contribution in [3.63, 3.8) is 0 Å². The van der Waals surface area contributed by atoms with Gasteiger partial charge in [-0.05, 0) is 43.0 Å². The van der Waals surface area contributed by atoms with Crippen molar-refractivity contribution in [1.82, 2.24) is 4.90 Å². The molecule has 2 aromatic rings. The van der Waals surface area contributed by atoms with Gasteiger partial charge in [-0.1, -0.05) is 66.2 Å². The first-order valence-corrected chi connectivity index (χ1v) is 7.81. The summed E-state index contributed by atoms with van der Waals surface area (Å²) < 4.78 is 0. The predicted octanol–water partition coefficient (Wildman–Crippen LogP) is 4.19. The van der Waals surface area contributed by atoms with Crippen molar-refractivity contribution >= 4 is 6.08 Å². The zero-order valence-corrected chi connectivity index (χ0v) is 12.8. The summed E-state index contributed by atoms with van der Waals surface area (Å²) in [5.41, 5.74) is 5.89. The van der Waals surface area contributed by atoms with Crippen LogP contribution in [0.5, 0.6) is 0 Å². The molecule has 1 nitrogen and oxygen atoms in total. The zero-order valence-electron chi connectivity index (χ0n) is 12.8. The zero-order chi connectivity index (χ0) is 14.5. The fraction of sp³-hybridized carbons (Fsp3) is 0.300. The Kier molecular flexibility index (Phi) is 4.52. The summed E-state index contributed by atoms with van der Waals surface area (Å²) in [5, 5.41) is 0. The lowest BCUT2D eigenvalue weighted by atomic mass is 9.92. The molecule has 0 atom stereocenters. The van der Waals surface area contributed by atoms with Crippen molar-refractivity contribution in [2.24, 2.45) is 0 Å². The van der Waals surface area contributed by atoms with Crippen molar-refractivity contribution in [3.05, 3.63) is 76.9 Å². The van der Waals surface area contributed by atoms with E-state index in [0.717, 1.165) is 19.5 Å². The van der Waals surface area contributed by atoms with Crippen LogP contribution in [0.3, 0.4) is 0 Å². The van der Waals surface area contributed by atoms with Gasteiger partial charge in [0.1, 0.15) is 0 Å². The third-order valence-electron chi connectivity index (χ3n) is 4.23. The summed E-state index contributed by atoms with van der Waals surface area (Å²) in [6.45, 7) is 2.20. The highest BCUT2D eigenvalue weighted by Crippen LogP contribution is 2.23. The molecule has 0 fully saturated rings. The number of hydrogen-bond donors (Lipinski definition) is 0. The third-order valence-corrected chi connectivity index (χ3v) is 4.23. The average molecular weight is 277 g/mol. The van der Waals surface area contributed by atoms with E-state index in [1.54, 1.807) is 5.57 Å². The maximum atomic E-state index is 2.44. The summed E-state index contributed by atoms with van der Waals surface area (Å²) in [4.78, 5) is 2.44. The van der Waals surface area contributed by atoms with Gasteiger partial charge in [-0.2, -0.15) is 0 Å². The first kappa shape index (κ1) is 14.1. The Balaban J connectivity index is 1.56. The molecule has 3 rings (SSSR count). The molecule has 0 radical (unpaired) electrons. The van der Waals surface area contributed by atoms with Crippen LogP contribution in [0.4, 0.5) is 0 Å². The Bertz CT molecular complexity index is 613. The van der Waals surface area contributed by atoms with Gasteiger partial charge in [0.2, 0.25) is 0 Å². The molecule has 1 heteroatoms. The maximum Gasteiger partial charge on any atom is 0.0193 e. The number of fused-ring (bicyclic) bond motifs is 1. The largest absolute Gasteiger partial charge is 0.302 e. The smallest absolute Gasteiger partial charge is 0.0193 e. The molecular formula is C20H23N. The quantitative estimate of drug-likeness (QED) is 0.792. The molecule has 0 aromatic heterocycles. The average Bonchev–Trinajstić information content (AvgIpc) is 2.54. The van der Waals surface area contributed by atoms with E-state index in [9.17, 15) is 0 Å². The number of benzene rings is 2. The Morgan fingerprint density at radius 2 is 1.67 bits per heavy atom. The molecular weight excluding hydrogens is 254 g/mol. The second kappa shape index (κ2) is 6.73. The van der Waals surface area contributed by atoms with E-state index in [1.807, 2.05) is 0 Å². The lowest BCUT2D eigenvalue weighted by Gasteiger charge is -2.22. The second-order valence-corrected chi connectivity index (χ2v) is 5.97. The summed E-state index contributed by atoms with van der Waals surface area (Å²) >= 11 is 0. The van der Waals surface area contributed by atoms with Crippen molar-refractivity contribution in [3.8, 4) is 0 Å². The molecule has 1 aliphatic carbocycles. The van der Waals surface area contributed by atoms with Crippen LogP contribution < -0.4 is 0 Å². The van der Waals surface area contributed by atoms with Crippen molar-refractivity contribution < 1.29 is 0 Å². The maximum absolute atomic E-state index is 2.44. The van der Waals surface area contributed by atoms with E-state index < -0.39 is 0 Å². The SMILES string of the molecule is CN(CCc1ccccc1)CC1=Cc2ccccc2CC1. The Labute approximate surface area is 127 Å². The van der Waals surface area contributed by atoms with Crippen LogP contribution in [-0.4, -0.2) is 25.0 Å². The van der Waals surface area contributed by atoms with Gasteiger partial charge in [0, 0.05) is 13.1 Å². The van der Waals surface area contributed by atoms with Crippen LogP contribution in [0, 0.1) is 0 Å². The molecule has 2 aromatic carbocycles. The lowest BCUT2D eigenvalue weighted by molar-refractivity contribution is 0.363. The standard InChI is InChI=1S/C20H23N/c1-21(14-13-17-7-3-2-4-8-17)16-18-11-12-19-9-5-6-10-20(19)15-18/h2-10,15H,11-14,16H2,1H3. The summed E-state index contributed by atoms with van der Waals surface area (Å²) in [6, 6.07) is 19.5. The van der Waals surface area contributed by atoms with E-state index in [0.29, 0.717) is 0 Å². The highest BCUT2D eigenvalue weighted by Gasteiger charge is 2.11. The topological polar surface area (TPSA) is 3.24 Å². The summed E-state index contributed by atoms with van der Waals surface area (Å²) in [6.07, 6.45) is 5.90. The normalized spacial score (nSPS) is 13.9. The van der Waals surface area contributed by atoms with Crippen LogP contribution in [0.1, 0.15) is 23.1 Å². The molecule has 1 aliphatic rings. The fourth-order valence-electron chi connectivity index (χ4n) is 3.01. The first-order chi connectivity index (χ1) is 10.3. The van der Waals surface area contributed by atoms with Crippen molar-refractivity contribution in [1.29, 1.82) is 0 Å². The van der Waals surface area contributed by atoms with Gasteiger partial charge in [0.05, 0.1) is 0 Å². The summed E-state index contributed by atoms with van der Waals surface area (Å²) in [5.74, 6) is 0. The van der Waals surface area contributed by atoms with Crippen molar-refractivity contribution in [2.45, 2.75) is 19.3 Å². The lowest BCUT2D eigenvalue weighted by Crippen LogP contribution is -2.24. The van der Waals surface area contributed by atoms with E-state index >= 15 is 0 Å². The molecule has 0 bridgehead atoms. The third kappa shape index (κ3) is 3.83. The fourth-order valence-corrected chi connectivity index (χ4v) is 3.01. The number of nitrogens with zero attached hydrogens (tertiary/aromatic N) is 1. The van der Waals surface area contributed by atoms with Gasteiger partial charge in [-0.3, -0.25) is 0 Å². The number of likely N-dealkylation sites (N-methyl/N-ethyl adjacent to an activating group) is 1. The van der Waals surface area contributed by atoms with Gasteiger partial charge < -0.3 is 4.90 Å². The number of hydrogen-bond acceptors (Lipinski definition) is 1. The minimum atomic E-state index is 1.08. The van der Waals surface area contributed by atoms with E-state index in [2.05, 4.69) is 72.6 Å². The second-order valence-electron chi connectivity index (χ2n) is 5.97. The molecule has 0 aliphatic heterocycles. The molecule has 0 unspecified atom stereocenters. The molecule has 0 amide bonds. The predicted molar refractivity (Wildman–Crippen MR) is 90.4 cm³/mol. The Hall–Kier alpha value is -1.86. The molecule has 0 saturated heterocycles. The van der Waals surface area contributed by atoms with Crippen LogP contribution in [0.25, 0.3) is 6.08 Å². The summed E-state index contributed by atoms with van der Waals surface area (Å²) in [7, 11) is 2.23. The molecule has 0 heterocycles. The minimum absolute atomic E-state index is 1.08. The molecule has 0 N–H and O–H groups in total. The van der Waals surface area contributed by atoms with Gasteiger partial charge >= 0.3 is 0 Å². The van der Waals surface area contributed by atoms with Gasteiger partial charge in [0.15, 0.2) is 0 Å². The van der Waals surface area contributed by atoms with E-state index in [1.165, 1.54) is 29.5 Å². The monoisotopic (exact) mass is 277 g/mol. The van der Waals surface area contributed by atoms with E-state index in [4.69, 9.17) is 0 Å². The first-order valence-electron chi connectivity index (χ1n) is 7.81. The van der Waals surface area contributed by atoms with Gasteiger partial charge in [-0.25, -0.2) is 0 Å². The van der Waals surface area contributed by atoms with Crippen molar-refractivity contribution in [2.75, 3.05) is 20.1 Å². The van der Waals surface area contributed by atoms with Crippen LogP contribution >= 0.6 is 0 Å². The van der Waals surface area contributed by atoms with Crippen LogP contribution in [0.2, 0.25) is 0 Å². The Morgan fingerprint density at radius 3 is 2.52 bits per heavy atom.